The Morgan fingerprint density at radius 2 is 0.881 bits per heavy atom. The van der Waals surface area contributed by atoms with Crippen LogP contribution in [0.2, 0.25) is 0 Å². The first kappa shape index (κ1) is 38.7. The van der Waals surface area contributed by atoms with Gasteiger partial charge in [0, 0.05) is 27.7 Å². The molecule has 1 aliphatic rings. The standard InChI is InChI=1S/C65H43NO/c1-3-20-51(21-4-1)65(52-22-5-2-6-23-52)60-27-12-9-25-56(60)57-39-37-54(43-61(57)65)66(62-28-13-10-24-55(62)50-34-38-59-58-26-11-14-29-63(58)67-64(59)42-50)53-35-32-45(33-36-53)47-18-15-19-48(40-47)49-31-30-44-16-7-8-17-46(44)41-49/h1-43H. The van der Waals surface area contributed by atoms with Crippen LogP contribution < -0.4 is 4.90 Å². The lowest BCUT2D eigenvalue weighted by molar-refractivity contribution is 0.669. The van der Waals surface area contributed by atoms with Crippen molar-refractivity contribution in [3.63, 3.8) is 0 Å². The van der Waals surface area contributed by atoms with E-state index in [0.717, 1.165) is 55.7 Å². The van der Waals surface area contributed by atoms with E-state index < -0.39 is 5.41 Å². The zero-order chi connectivity index (χ0) is 44.3. The third kappa shape index (κ3) is 6.33. The summed E-state index contributed by atoms with van der Waals surface area (Å²) >= 11 is 0. The molecule has 0 radical (unpaired) electrons. The molecule has 0 unspecified atom stereocenters. The molecule has 13 rings (SSSR count). The summed E-state index contributed by atoms with van der Waals surface area (Å²) in [6, 6.07) is 95.2. The Morgan fingerprint density at radius 1 is 0.299 bits per heavy atom. The molecule has 0 amide bonds. The summed E-state index contributed by atoms with van der Waals surface area (Å²) in [7, 11) is 0. The molecule has 67 heavy (non-hydrogen) atoms. The maximum Gasteiger partial charge on any atom is 0.136 e. The number of nitrogens with zero attached hydrogens (tertiary/aromatic N) is 1. The highest BCUT2D eigenvalue weighted by molar-refractivity contribution is 6.06. The van der Waals surface area contributed by atoms with Crippen LogP contribution in [0.4, 0.5) is 17.1 Å². The topological polar surface area (TPSA) is 16.4 Å². The fraction of sp³-hybridized carbons (Fsp3) is 0.0154. The first-order valence-electron chi connectivity index (χ1n) is 23.1. The molecule has 12 aromatic rings. The minimum atomic E-state index is -0.540. The molecule has 0 saturated carbocycles. The predicted molar refractivity (Wildman–Crippen MR) is 280 cm³/mol. The predicted octanol–water partition coefficient (Wildman–Crippen LogP) is 17.6. The van der Waals surface area contributed by atoms with Crippen LogP contribution >= 0.6 is 0 Å². The summed E-state index contributed by atoms with van der Waals surface area (Å²) in [5.41, 5.74) is 18.9. The van der Waals surface area contributed by atoms with E-state index >= 15 is 0 Å². The van der Waals surface area contributed by atoms with Crippen molar-refractivity contribution in [1.29, 1.82) is 0 Å². The third-order valence-electron chi connectivity index (χ3n) is 13.9. The van der Waals surface area contributed by atoms with Crippen LogP contribution in [0.3, 0.4) is 0 Å². The zero-order valence-corrected chi connectivity index (χ0v) is 36.7. The van der Waals surface area contributed by atoms with Gasteiger partial charge in [0.1, 0.15) is 11.2 Å². The largest absolute Gasteiger partial charge is 0.456 e. The molecule has 2 nitrogen and oxygen atoms in total. The lowest BCUT2D eigenvalue weighted by Gasteiger charge is -2.35. The van der Waals surface area contributed by atoms with Crippen molar-refractivity contribution in [2.75, 3.05) is 4.90 Å². The molecule has 1 aliphatic carbocycles. The molecular formula is C65H43NO. The molecule has 0 aliphatic heterocycles. The normalized spacial score (nSPS) is 12.6. The quantitative estimate of drug-likeness (QED) is 0.151. The number of furan rings is 1. The molecule has 314 valence electrons. The highest BCUT2D eigenvalue weighted by Gasteiger charge is 2.46. The number of anilines is 3. The Balaban J connectivity index is 0.994. The van der Waals surface area contributed by atoms with E-state index in [4.69, 9.17) is 4.42 Å². The molecule has 0 fully saturated rings. The summed E-state index contributed by atoms with van der Waals surface area (Å²) in [5.74, 6) is 0. The first-order valence-corrected chi connectivity index (χ1v) is 23.1. The van der Waals surface area contributed by atoms with Crippen molar-refractivity contribution in [3.8, 4) is 44.5 Å². The van der Waals surface area contributed by atoms with Gasteiger partial charge in [0.05, 0.1) is 11.1 Å². The smallest absolute Gasteiger partial charge is 0.136 e. The monoisotopic (exact) mass is 853 g/mol. The average Bonchev–Trinajstić information content (AvgIpc) is 3.93. The van der Waals surface area contributed by atoms with Gasteiger partial charge in [-0.15, -0.1) is 0 Å². The Bertz CT molecular complexity index is 3770. The number of hydrogen-bond donors (Lipinski definition) is 0. The van der Waals surface area contributed by atoms with E-state index in [1.54, 1.807) is 0 Å². The van der Waals surface area contributed by atoms with Gasteiger partial charge >= 0.3 is 0 Å². The fourth-order valence-corrected chi connectivity index (χ4v) is 10.9. The summed E-state index contributed by atoms with van der Waals surface area (Å²) in [6.45, 7) is 0. The van der Waals surface area contributed by atoms with E-state index in [2.05, 4.69) is 254 Å². The van der Waals surface area contributed by atoms with Crippen LogP contribution in [0, 0.1) is 0 Å². The SMILES string of the molecule is c1ccc(C2(c3ccccc3)c3ccccc3-c3ccc(N(c4ccc(-c5cccc(-c6ccc7ccccc7c6)c5)cc4)c4ccccc4-c4ccc5c(c4)oc4ccccc45)cc32)cc1. The summed E-state index contributed by atoms with van der Waals surface area (Å²) in [4.78, 5) is 2.44. The van der Waals surface area contributed by atoms with Gasteiger partial charge in [0.25, 0.3) is 0 Å². The van der Waals surface area contributed by atoms with Gasteiger partial charge in [0.2, 0.25) is 0 Å². The van der Waals surface area contributed by atoms with Gasteiger partial charge in [0.15, 0.2) is 0 Å². The minimum Gasteiger partial charge on any atom is -0.456 e. The van der Waals surface area contributed by atoms with Crippen molar-refractivity contribution >= 4 is 49.8 Å². The van der Waals surface area contributed by atoms with Gasteiger partial charge in [-0.3, -0.25) is 0 Å². The number of benzene rings is 11. The van der Waals surface area contributed by atoms with Gasteiger partial charge in [-0.2, -0.15) is 0 Å². The number of rotatable bonds is 8. The van der Waals surface area contributed by atoms with Crippen LogP contribution in [-0.4, -0.2) is 0 Å². The highest BCUT2D eigenvalue weighted by Crippen LogP contribution is 2.57. The molecule has 0 atom stereocenters. The Labute approximate surface area is 390 Å². The van der Waals surface area contributed by atoms with Crippen molar-refractivity contribution < 1.29 is 4.42 Å². The van der Waals surface area contributed by atoms with E-state index in [1.165, 1.54) is 60.8 Å². The average molecular weight is 854 g/mol. The fourth-order valence-electron chi connectivity index (χ4n) is 10.9. The van der Waals surface area contributed by atoms with Crippen LogP contribution in [0.15, 0.2) is 265 Å². The second-order valence-corrected chi connectivity index (χ2v) is 17.6. The van der Waals surface area contributed by atoms with Crippen molar-refractivity contribution in [2.45, 2.75) is 5.41 Å². The van der Waals surface area contributed by atoms with E-state index in [9.17, 15) is 0 Å². The second-order valence-electron chi connectivity index (χ2n) is 17.6. The van der Waals surface area contributed by atoms with Gasteiger partial charge in [-0.1, -0.05) is 200 Å². The van der Waals surface area contributed by atoms with Gasteiger partial charge in [-0.25, -0.2) is 0 Å². The second kappa shape index (κ2) is 15.8. The molecule has 1 heterocycles. The Hall–Kier alpha value is -8.72. The number of fused-ring (bicyclic) bond motifs is 7. The van der Waals surface area contributed by atoms with Crippen molar-refractivity contribution in [2.24, 2.45) is 0 Å². The van der Waals surface area contributed by atoms with Gasteiger partial charge < -0.3 is 9.32 Å². The zero-order valence-electron chi connectivity index (χ0n) is 36.7. The van der Waals surface area contributed by atoms with Crippen LogP contribution in [0.25, 0.3) is 77.2 Å². The maximum atomic E-state index is 6.47. The van der Waals surface area contributed by atoms with Crippen molar-refractivity contribution in [3.05, 3.63) is 283 Å². The molecule has 2 heteroatoms. The van der Waals surface area contributed by atoms with Crippen LogP contribution in [0.1, 0.15) is 22.3 Å². The summed E-state index contributed by atoms with van der Waals surface area (Å²) in [5, 5.41) is 4.73. The van der Waals surface area contributed by atoms with E-state index in [0.29, 0.717) is 0 Å². The third-order valence-corrected chi connectivity index (χ3v) is 13.9. The Kier molecular flexibility index (Phi) is 9.11. The molecule has 0 bridgehead atoms. The van der Waals surface area contributed by atoms with E-state index in [1.807, 2.05) is 12.1 Å². The molecule has 0 saturated heterocycles. The van der Waals surface area contributed by atoms with E-state index in [-0.39, 0.29) is 0 Å². The minimum absolute atomic E-state index is 0.540. The van der Waals surface area contributed by atoms with Crippen LogP contribution in [0.5, 0.6) is 0 Å². The molecule has 11 aromatic carbocycles. The van der Waals surface area contributed by atoms with Crippen molar-refractivity contribution in [1.82, 2.24) is 0 Å². The first-order chi connectivity index (χ1) is 33.2. The molecular weight excluding hydrogens is 811 g/mol. The molecule has 0 N–H and O–H groups in total. The summed E-state index contributed by atoms with van der Waals surface area (Å²) < 4.78 is 6.47. The van der Waals surface area contributed by atoms with Crippen LogP contribution in [-0.2, 0) is 5.41 Å². The summed E-state index contributed by atoms with van der Waals surface area (Å²) in [6.07, 6.45) is 0. The van der Waals surface area contributed by atoms with Gasteiger partial charge in [-0.05, 0) is 133 Å². The molecule has 0 spiro atoms. The molecule has 1 aromatic heterocycles. The number of para-hydroxylation sites is 2. The maximum absolute atomic E-state index is 6.47. The lowest BCUT2D eigenvalue weighted by Crippen LogP contribution is -2.28. The lowest BCUT2D eigenvalue weighted by atomic mass is 9.67. The number of hydrogen-bond acceptors (Lipinski definition) is 2. The highest BCUT2D eigenvalue weighted by atomic mass is 16.3. The Morgan fingerprint density at radius 3 is 1.69 bits per heavy atom.